The van der Waals surface area contributed by atoms with Crippen molar-refractivity contribution in [3.63, 3.8) is 0 Å². The molecule has 0 aromatic heterocycles. The Labute approximate surface area is 96.6 Å². The molecule has 1 atom stereocenters. The molecule has 4 heteroatoms. The molecule has 0 heterocycles. The number of phenols is 1. The predicted molar refractivity (Wildman–Crippen MR) is 61.6 cm³/mol. The summed E-state index contributed by atoms with van der Waals surface area (Å²) in [5.41, 5.74) is 0.373. The Morgan fingerprint density at radius 2 is 2.33 bits per heavy atom. The summed E-state index contributed by atoms with van der Waals surface area (Å²) in [5, 5.41) is 12.0. The van der Waals surface area contributed by atoms with Crippen molar-refractivity contribution in [1.82, 2.24) is 5.32 Å². The largest absolute Gasteiger partial charge is 0.507 e. The minimum absolute atomic E-state index is 0.0241. The van der Waals surface area contributed by atoms with Crippen LogP contribution in [0.1, 0.15) is 17.3 Å². The third-order valence-electron chi connectivity index (χ3n) is 1.81. The lowest BCUT2D eigenvalue weighted by atomic mass is 10.2. The number of rotatable bonds is 2. The second kappa shape index (κ2) is 4.85. The van der Waals surface area contributed by atoms with Gasteiger partial charge in [-0.05, 0) is 41.1 Å². The molecule has 1 aromatic rings. The topological polar surface area (TPSA) is 49.3 Å². The molecule has 0 saturated carbocycles. The predicted octanol–water partition coefficient (Wildman–Crippen LogP) is 1.91. The molecular weight excluding hydrogens is 258 g/mol. The van der Waals surface area contributed by atoms with Crippen LogP contribution in [0.3, 0.4) is 0 Å². The molecule has 0 fully saturated rings. The van der Waals surface area contributed by atoms with E-state index in [9.17, 15) is 9.90 Å². The quantitative estimate of drug-likeness (QED) is 0.805. The molecule has 3 nitrogen and oxygen atoms in total. The highest BCUT2D eigenvalue weighted by Gasteiger charge is 2.09. The van der Waals surface area contributed by atoms with E-state index in [0.717, 1.165) is 0 Å². The van der Waals surface area contributed by atoms with E-state index in [4.69, 9.17) is 6.42 Å². The normalized spacial score (nSPS) is 11.5. The second-order valence-corrected chi connectivity index (χ2v) is 3.88. The van der Waals surface area contributed by atoms with Crippen molar-refractivity contribution in [3.8, 4) is 18.1 Å². The number of hydrogen-bond donors (Lipinski definition) is 2. The van der Waals surface area contributed by atoms with Gasteiger partial charge in [0.15, 0.2) is 0 Å². The Hall–Kier alpha value is -1.47. The summed E-state index contributed by atoms with van der Waals surface area (Å²) in [4.78, 5) is 11.5. The van der Waals surface area contributed by atoms with Crippen LogP contribution >= 0.6 is 15.9 Å². The fourth-order valence-corrected chi connectivity index (χ4v) is 1.22. The average molecular weight is 268 g/mol. The van der Waals surface area contributed by atoms with Crippen LogP contribution in [-0.2, 0) is 0 Å². The molecule has 0 aliphatic rings. The van der Waals surface area contributed by atoms with Gasteiger partial charge < -0.3 is 10.4 Å². The number of aromatic hydroxyl groups is 1. The zero-order chi connectivity index (χ0) is 11.4. The van der Waals surface area contributed by atoms with Gasteiger partial charge in [0.25, 0.3) is 5.91 Å². The van der Waals surface area contributed by atoms with Gasteiger partial charge in [-0.3, -0.25) is 4.79 Å². The van der Waals surface area contributed by atoms with Gasteiger partial charge in [0.2, 0.25) is 0 Å². The van der Waals surface area contributed by atoms with E-state index < -0.39 is 0 Å². The van der Waals surface area contributed by atoms with Gasteiger partial charge >= 0.3 is 0 Å². The summed E-state index contributed by atoms with van der Waals surface area (Å²) in [7, 11) is 0. The third kappa shape index (κ3) is 3.00. The standard InChI is InChI=1S/C11H10BrNO2/c1-3-7(2)13-11(15)8-4-5-9(12)10(14)6-8/h1,4-7,14H,2H3,(H,13,15). The van der Waals surface area contributed by atoms with E-state index in [2.05, 4.69) is 27.2 Å². The van der Waals surface area contributed by atoms with Crippen LogP contribution in [0.15, 0.2) is 22.7 Å². The van der Waals surface area contributed by atoms with Gasteiger partial charge in [0.1, 0.15) is 5.75 Å². The maximum Gasteiger partial charge on any atom is 0.252 e. The number of carbonyl (C=O) groups excluding carboxylic acids is 1. The highest BCUT2D eigenvalue weighted by molar-refractivity contribution is 9.10. The van der Waals surface area contributed by atoms with Crippen LogP contribution in [0, 0.1) is 12.3 Å². The average Bonchev–Trinajstić information content (AvgIpc) is 2.21. The van der Waals surface area contributed by atoms with E-state index in [-0.39, 0.29) is 17.7 Å². The Morgan fingerprint density at radius 3 is 2.87 bits per heavy atom. The lowest BCUT2D eigenvalue weighted by Gasteiger charge is -2.08. The van der Waals surface area contributed by atoms with Crippen LogP contribution in [0.25, 0.3) is 0 Å². The molecule has 0 aliphatic carbocycles. The molecule has 78 valence electrons. The maximum atomic E-state index is 11.5. The molecule has 2 N–H and O–H groups in total. The van der Waals surface area contributed by atoms with Crippen molar-refractivity contribution in [1.29, 1.82) is 0 Å². The minimum Gasteiger partial charge on any atom is -0.507 e. The van der Waals surface area contributed by atoms with E-state index in [1.54, 1.807) is 19.1 Å². The van der Waals surface area contributed by atoms with Crippen LogP contribution in [0.2, 0.25) is 0 Å². The van der Waals surface area contributed by atoms with Crippen molar-refractivity contribution in [2.24, 2.45) is 0 Å². The molecule has 0 saturated heterocycles. The first-order valence-electron chi connectivity index (χ1n) is 4.30. The number of halogens is 1. The van der Waals surface area contributed by atoms with Gasteiger partial charge in [-0.2, -0.15) is 0 Å². The Morgan fingerprint density at radius 1 is 1.67 bits per heavy atom. The van der Waals surface area contributed by atoms with E-state index in [1.165, 1.54) is 6.07 Å². The highest BCUT2D eigenvalue weighted by Crippen LogP contribution is 2.24. The zero-order valence-electron chi connectivity index (χ0n) is 8.12. The van der Waals surface area contributed by atoms with E-state index in [0.29, 0.717) is 10.0 Å². The first kappa shape index (κ1) is 11.6. The van der Waals surface area contributed by atoms with E-state index in [1.807, 2.05) is 0 Å². The molecule has 0 bridgehead atoms. The summed E-state index contributed by atoms with van der Waals surface area (Å²) >= 11 is 3.13. The van der Waals surface area contributed by atoms with Gasteiger partial charge in [-0.25, -0.2) is 0 Å². The minimum atomic E-state index is -0.330. The fraction of sp³-hybridized carbons (Fsp3) is 0.182. The number of terminal acetylenes is 1. The van der Waals surface area contributed by atoms with Crippen molar-refractivity contribution in [2.75, 3.05) is 0 Å². The molecule has 1 aromatic carbocycles. The fourth-order valence-electron chi connectivity index (χ4n) is 0.976. The van der Waals surface area contributed by atoms with Gasteiger partial charge in [-0.15, -0.1) is 6.42 Å². The lowest BCUT2D eigenvalue weighted by molar-refractivity contribution is 0.0947. The number of hydrogen-bond acceptors (Lipinski definition) is 2. The van der Waals surface area contributed by atoms with Crippen LogP contribution in [0.4, 0.5) is 0 Å². The summed E-state index contributed by atoms with van der Waals surface area (Å²) in [5.74, 6) is 2.11. The second-order valence-electron chi connectivity index (χ2n) is 3.03. The molecule has 0 aliphatic heterocycles. The van der Waals surface area contributed by atoms with Crippen molar-refractivity contribution in [3.05, 3.63) is 28.2 Å². The Balaban J connectivity index is 2.84. The first-order chi connectivity index (χ1) is 7.04. The molecule has 1 rings (SSSR count). The summed E-state index contributed by atoms with van der Waals surface area (Å²) < 4.78 is 0.545. The zero-order valence-corrected chi connectivity index (χ0v) is 9.71. The summed E-state index contributed by atoms with van der Waals surface area (Å²) in [6.07, 6.45) is 5.13. The van der Waals surface area contributed by atoms with Crippen molar-refractivity contribution < 1.29 is 9.90 Å². The molecular formula is C11H10BrNO2. The number of phenolic OH excluding ortho intramolecular Hbond substituents is 1. The van der Waals surface area contributed by atoms with E-state index >= 15 is 0 Å². The van der Waals surface area contributed by atoms with Gasteiger partial charge in [-0.1, -0.05) is 5.92 Å². The monoisotopic (exact) mass is 267 g/mol. The van der Waals surface area contributed by atoms with Gasteiger partial charge in [0.05, 0.1) is 10.5 Å². The molecule has 1 unspecified atom stereocenters. The number of benzene rings is 1. The SMILES string of the molecule is C#CC(C)NC(=O)c1ccc(Br)c(O)c1. The smallest absolute Gasteiger partial charge is 0.252 e. The van der Waals surface area contributed by atoms with Gasteiger partial charge in [0, 0.05) is 5.56 Å². The first-order valence-corrected chi connectivity index (χ1v) is 5.09. The van der Waals surface area contributed by atoms with Crippen LogP contribution < -0.4 is 5.32 Å². The highest BCUT2D eigenvalue weighted by atomic mass is 79.9. The number of carbonyl (C=O) groups is 1. The molecule has 0 spiro atoms. The molecule has 1 amide bonds. The summed E-state index contributed by atoms with van der Waals surface area (Å²) in [6, 6.07) is 4.25. The lowest BCUT2D eigenvalue weighted by Crippen LogP contribution is -2.31. The number of amides is 1. The maximum absolute atomic E-state index is 11.5. The molecule has 15 heavy (non-hydrogen) atoms. The van der Waals surface area contributed by atoms with Crippen molar-refractivity contribution >= 4 is 21.8 Å². The van der Waals surface area contributed by atoms with Crippen LogP contribution in [0.5, 0.6) is 5.75 Å². The van der Waals surface area contributed by atoms with Crippen LogP contribution in [-0.4, -0.2) is 17.1 Å². The molecule has 0 radical (unpaired) electrons. The Kier molecular flexibility index (Phi) is 3.75. The number of nitrogens with one attached hydrogen (secondary N) is 1. The van der Waals surface area contributed by atoms with Crippen molar-refractivity contribution in [2.45, 2.75) is 13.0 Å². The Bertz CT molecular complexity index is 423. The third-order valence-corrected chi connectivity index (χ3v) is 2.48. The summed E-state index contributed by atoms with van der Waals surface area (Å²) in [6.45, 7) is 1.70.